The lowest BCUT2D eigenvalue weighted by Gasteiger charge is -2.15. The molecule has 18 heavy (non-hydrogen) atoms. The molecule has 0 spiro atoms. The van der Waals surface area contributed by atoms with E-state index in [1.165, 1.54) is 42.6 Å². The molecule has 0 bridgehead atoms. The molecule has 1 aromatic rings. The van der Waals surface area contributed by atoms with E-state index in [1.54, 1.807) is 0 Å². The van der Waals surface area contributed by atoms with Crippen molar-refractivity contribution in [2.75, 3.05) is 5.75 Å². The van der Waals surface area contributed by atoms with Crippen LogP contribution in [0.3, 0.4) is 0 Å². The molecule has 1 unspecified atom stereocenters. The number of thioether (sulfide) groups is 1. The molecule has 0 heterocycles. The van der Waals surface area contributed by atoms with E-state index in [-0.39, 0.29) is 6.04 Å². The second kappa shape index (κ2) is 7.37. The fourth-order valence-electron chi connectivity index (χ4n) is 2.23. The van der Waals surface area contributed by atoms with Crippen molar-refractivity contribution in [3.63, 3.8) is 0 Å². The Hall–Kier alpha value is -0.250. The summed E-state index contributed by atoms with van der Waals surface area (Å²) in [5.74, 6) is 0.974. The van der Waals surface area contributed by atoms with Crippen LogP contribution in [0.15, 0.2) is 45.3 Å². The van der Waals surface area contributed by atoms with Gasteiger partial charge in [0.05, 0.1) is 0 Å². The third-order valence-corrected chi connectivity index (χ3v) is 4.88. The van der Waals surface area contributed by atoms with Crippen LogP contribution in [0.25, 0.3) is 0 Å². The van der Waals surface area contributed by atoms with Gasteiger partial charge in [-0.1, -0.05) is 40.1 Å². The molecule has 1 aromatic carbocycles. The Morgan fingerprint density at radius 3 is 3.00 bits per heavy atom. The van der Waals surface area contributed by atoms with Gasteiger partial charge >= 0.3 is 0 Å². The Labute approximate surface area is 122 Å². The Balaban J connectivity index is 1.87. The highest BCUT2D eigenvalue weighted by molar-refractivity contribution is 9.10. The number of benzene rings is 1. The summed E-state index contributed by atoms with van der Waals surface area (Å²) in [5, 5.41) is 0. The molecule has 2 rings (SSSR count). The average Bonchev–Trinajstić information content (AvgIpc) is 2.65. The van der Waals surface area contributed by atoms with E-state index in [2.05, 4.69) is 46.3 Å². The summed E-state index contributed by atoms with van der Waals surface area (Å²) >= 11 is 5.35. The lowest BCUT2D eigenvalue weighted by atomic mass is 10.0. The summed E-state index contributed by atoms with van der Waals surface area (Å²) in [7, 11) is 0. The van der Waals surface area contributed by atoms with Gasteiger partial charge in [-0.25, -0.2) is 0 Å². The molecule has 0 aliphatic heterocycles. The summed E-state index contributed by atoms with van der Waals surface area (Å²) in [6, 6.07) is 8.63. The standard InChI is InChI=1S/C15H20BrNS/c16-13-8-5-9-14(10-13)18-11-15(17)12-6-3-1-2-4-7-12/h5-6,8-10,15H,1-4,7,11,17H2. The second-order valence-electron chi connectivity index (χ2n) is 4.75. The zero-order chi connectivity index (χ0) is 12.8. The average molecular weight is 326 g/mol. The van der Waals surface area contributed by atoms with Crippen LogP contribution in [0.2, 0.25) is 0 Å². The van der Waals surface area contributed by atoms with Gasteiger partial charge in [0, 0.05) is 21.2 Å². The molecule has 1 nitrogen and oxygen atoms in total. The highest BCUT2D eigenvalue weighted by Crippen LogP contribution is 2.25. The Bertz CT molecular complexity index is 417. The van der Waals surface area contributed by atoms with E-state index in [1.807, 2.05) is 11.8 Å². The van der Waals surface area contributed by atoms with Gasteiger partial charge in [-0.15, -0.1) is 11.8 Å². The lowest BCUT2D eigenvalue weighted by Crippen LogP contribution is -2.25. The first-order chi connectivity index (χ1) is 8.75. The van der Waals surface area contributed by atoms with Gasteiger partial charge in [0.2, 0.25) is 0 Å². The van der Waals surface area contributed by atoms with Gasteiger partial charge < -0.3 is 5.73 Å². The van der Waals surface area contributed by atoms with Crippen molar-refractivity contribution in [2.24, 2.45) is 5.73 Å². The topological polar surface area (TPSA) is 26.0 Å². The van der Waals surface area contributed by atoms with Crippen LogP contribution in [0, 0.1) is 0 Å². The largest absolute Gasteiger partial charge is 0.324 e. The van der Waals surface area contributed by atoms with Crippen molar-refractivity contribution >= 4 is 27.7 Å². The highest BCUT2D eigenvalue weighted by Gasteiger charge is 2.11. The summed E-state index contributed by atoms with van der Waals surface area (Å²) in [6.07, 6.45) is 8.77. The van der Waals surface area contributed by atoms with Crippen LogP contribution in [-0.2, 0) is 0 Å². The first-order valence-corrected chi connectivity index (χ1v) is 8.36. The van der Waals surface area contributed by atoms with Gasteiger partial charge in [-0.2, -0.15) is 0 Å². The van der Waals surface area contributed by atoms with Gasteiger partial charge in [0.1, 0.15) is 0 Å². The molecule has 3 heteroatoms. The van der Waals surface area contributed by atoms with Crippen molar-refractivity contribution in [3.05, 3.63) is 40.4 Å². The molecule has 1 aliphatic carbocycles. The van der Waals surface area contributed by atoms with E-state index in [9.17, 15) is 0 Å². The number of hydrogen-bond donors (Lipinski definition) is 1. The summed E-state index contributed by atoms with van der Waals surface area (Å²) in [6.45, 7) is 0. The van der Waals surface area contributed by atoms with Gasteiger partial charge in [-0.3, -0.25) is 0 Å². The second-order valence-corrected chi connectivity index (χ2v) is 6.76. The monoisotopic (exact) mass is 325 g/mol. The van der Waals surface area contributed by atoms with Crippen molar-refractivity contribution in [3.8, 4) is 0 Å². The number of nitrogens with two attached hydrogens (primary N) is 1. The molecule has 0 aromatic heterocycles. The molecule has 0 fully saturated rings. The van der Waals surface area contributed by atoms with Crippen molar-refractivity contribution < 1.29 is 0 Å². The predicted molar refractivity (Wildman–Crippen MR) is 84.0 cm³/mol. The van der Waals surface area contributed by atoms with Gasteiger partial charge in [0.25, 0.3) is 0 Å². The number of allylic oxidation sites excluding steroid dienone is 1. The van der Waals surface area contributed by atoms with E-state index >= 15 is 0 Å². The smallest absolute Gasteiger partial charge is 0.0349 e. The van der Waals surface area contributed by atoms with Crippen LogP contribution in [0.5, 0.6) is 0 Å². The van der Waals surface area contributed by atoms with Gasteiger partial charge in [-0.05, 0) is 43.9 Å². The Morgan fingerprint density at radius 1 is 1.28 bits per heavy atom. The molecular weight excluding hydrogens is 306 g/mol. The molecule has 2 N–H and O–H groups in total. The van der Waals surface area contributed by atoms with E-state index in [0.717, 1.165) is 10.2 Å². The zero-order valence-electron chi connectivity index (χ0n) is 10.6. The van der Waals surface area contributed by atoms with E-state index < -0.39 is 0 Å². The van der Waals surface area contributed by atoms with Crippen LogP contribution >= 0.6 is 27.7 Å². The SMILES string of the molecule is NC(CSc1cccc(Br)c1)C1=CCCCCC1. The van der Waals surface area contributed by atoms with Crippen molar-refractivity contribution in [2.45, 2.75) is 43.0 Å². The number of hydrogen-bond acceptors (Lipinski definition) is 2. The minimum absolute atomic E-state index is 0.215. The molecule has 0 saturated heterocycles. The maximum atomic E-state index is 6.30. The van der Waals surface area contributed by atoms with Crippen LogP contribution < -0.4 is 5.73 Å². The number of rotatable bonds is 4. The third-order valence-electron chi connectivity index (χ3n) is 3.28. The fourth-order valence-corrected chi connectivity index (χ4v) is 3.75. The van der Waals surface area contributed by atoms with Crippen molar-refractivity contribution in [1.82, 2.24) is 0 Å². The lowest BCUT2D eigenvalue weighted by molar-refractivity contribution is 0.693. The zero-order valence-corrected chi connectivity index (χ0v) is 13.0. The minimum atomic E-state index is 0.215. The maximum Gasteiger partial charge on any atom is 0.0349 e. The maximum absolute atomic E-state index is 6.30. The summed E-state index contributed by atoms with van der Waals surface area (Å²) < 4.78 is 1.13. The van der Waals surface area contributed by atoms with Gasteiger partial charge in [0.15, 0.2) is 0 Å². The molecule has 98 valence electrons. The summed E-state index contributed by atoms with van der Waals surface area (Å²) in [5.41, 5.74) is 7.77. The molecular formula is C15H20BrNS. The normalized spacial score (nSPS) is 18.0. The van der Waals surface area contributed by atoms with Crippen LogP contribution in [0.4, 0.5) is 0 Å². The van der Waals surface area contributed by atoms with Crippen molar-refractivity contribution in [1.29, 1.82) is 0 Å². The Kier molecular flexibility index (Phi) is 5.80. The molecule has 0 radical (unpaired) electrons. The highest BCUT2D eigenvalue weighted by atomic mass is 79.9. The molecule has 1 atom stereocenters. The number of halogens is 1. The van der Waals surface area contributed by atoms with Crippen LogP contribution in [-0.4, -0.2) is 11.8 Å². The quantitative estimate of drug-likeness (QED) is 0.638. The van der Waals surface area contributed by atoms with E-state index in [0.29, 0.717) is 0 Å². The molecule has 0 saturated carbocycles. The van der Waals surface area contributed by atoms with Crippen LogP contribution in [0.1, 0.15) is 32.1 Å². The molecule has 0 amide bonds. The fraction of sp³-hybridized carbons (Fsp3) is 0.467. The Morgan fingerprint density at radius 2 is 2.17 bits per heavy atom. The third kappa shape index (κ3) is 4.45. The first kappa shape index (κ1) is 14.2. The minimum Gasteiger partial charge on any atom is -0.324 e. The predicted octanol–water partition coefficient (Wildman–Crippen LogP) is 4.76. The molecule has 1 aliphatic rings. The van der Waals surface area contributed by atoms with E-state index in [4.69, 9.17) is 5.73 Å². The first-order valence-electron chi connectivity index (χ1n) is 6.58. The summed E-state index contributed by atoms with van der Waals surface area (Å²) in [4.78, 5) is 1.29.